The number of amides is 1. The van der Waals surface area contributed by atoms with Gasteiger partial charge >= 0.3 is 0 Å². The SMILES string of the molecule is NCC[C@@H](O)C(=O)NC1CC(N)C(OC2OC(CN)C(O)C(O)C2O)C(O)C1OC1OC(CO)C(O)C(N)C1O. The summed E-state index contributed by atoms with van der Waals surface area (Å²) in [5.41, 5.74) is 23.1. The van der Waals surface area contributed by atoms with E-state index < -0.39 is 110 Å². The molecule has 40 heavy (non-hydrogen) atoms. The Hall–Kier alpha value is -1.17. The molecule has 0 aromatic carbocycles. The summed E-state index contributed by atoms with van der Waals surface area (Å²) in [4.78, 5) is 12.6. The number of hydrogen-bond acceptors (Lipinski definition) is 17. The zero-order valence-corrected chi connectivity index (χ0v) is 21.7. The zero-order valence-electron chi connectivity index (χ0n) is 21.7. The van der Waals surface area contributed by atoms with Crippen LogP contribution in [0.25, 0.3) is 0 Å². The summed E-state index contributed by atoms with van der Waals surface area (Å²) in [5.74, 6) is -0.845. The number of carbonyl (C=O) groups excluding carboxylic acids is 1. The van der Waals surface area contributed by atoms with Gasteiger partial charge in [-0.1, -0.05) is 0 Å². The Morgan fingerprint density at radius 1 is 0.850 bits per heavy atom. The van der Waals surface area contributed by atoms with Crippen LogP contribution in [0.5, 0.6) is 0 Å². The van der Waals surface area contributed by atoms with Crippen LogP contribution in [0.3, 0.4) is 0 Å². The van der Waals surface area contributed by atoms with Crippen LogP contribution in [0.1, 0.15) is 12.8 Å². The molecule has 0 spiro atoms. The van der Waals surface area contributed by atoms with Crippen molar-refractivity contribution in [2.24, 2.45) is 22.9 Å². The van der Waals surface area contributed by atoms with E-state index in [4.69, 9.17) is 41.9 Å². The lowest BCUT2D eigenvalue weighted by molar-refractivity contribution is -0.332. The molecule has 1 saturated carbocycles. The number of ether oxygens (including phenoxy) is 4. The molecule has 1 aliphatic carbocycles. The fourth-order valence-electron chi connectivity index (χ4n) is 5.07. The zero-order chi connectivity index (χ0) is 29.9. The number of rotatable bonds is 10. The molecule has 0 bridgehead atoms. The van der Waals surface area contributed by atoms with E-state index in [-0.39, 0.29) is 25.9 Å². The number of nitrogens with two attached hydrogens (primary N) is 4. The molecule has 0 radical (unpaired) electrons. The molecule has 234 valence electrons. The topological polar surface area (TPSA) is 332 Å². The Morgan fingerprint density at radius 3 is 2.05 bits per heavy atom. The quantitative estimate of drug-likeness (QED) is 0.113. The van der Waals surface area contributed by atoms with Crippen molar-refractivity contribution in [3.63, 3.8) is 0 Å². The molecule has 2 saturated heterocycles. The highest BCUT2D eigenvalue weighted by Crippen LogP contribution is 2.32. The maximum absolute atomic E-state index is 12.6. The van der Waals surface area contributed by atoms with Gasteiger partial charge in [-0.2, -0.15) is 0 Å². The third-order valence-corrected chi connectivity index (χ3v) is 7.51. The summed E-state index contributed by atoms with van der Waals surface area (Å²) in [6, 6.07) is -3.45. The Bertz CT molecular complexity index is 815. The molecule has 15 unspecified atom stereocenters. The minimum absolute atomic E-state index is 0.0101. The van der Waals surface area contributed by atoms with Crippen molar-refractivity contribution in [3.8, 4) is 0 Å². The van der Waals surface area contributed by atoms with E-state index in [0.717, 1.165) is 0 Å². The van der Waals surface area contributed by atoms with Crippen LogP contribution < -0.4 is 28.3 Å². The predicted octanol–water partition coefficient (Wildman–Crippen LogP) is -8.42. The van der Waals surface area contributed by atoms with Crippen molar-refractivity contribution in [1.82, 2.24) is 5.32 Å². The van der Waals surface area contributed by atoms with Crippen LogP contribution in [0.4, 0.5) is 0 Å². The first-order valence-corrected chi connectivity index (χ1v) is 13.1. The molecule has 3 rings (SSSR count). The number of carbonyl (C=O) groups is 1. The second kappa shape index (κ2) is 14.3. The molecule has 2 heterocycles. The third kappa shape index (κ3) is 7.06. The third-order valence-electron chi connectivity index (χ3n) is 7.51. The minimum Gasteiger partial charge on any atom is -0.394 e. The summed E-state index contributed by atoms with van der Waals surface area (Å²) in [5, 5.41) is 84.9. The maximum atomic E-state index is 12.6. The summed E-state index contributed by atoms with van der Waals surface area (Å²) >= 11 is 0. The van der Waals surface area contributed by atoms with E-state index in [2.05, 4.69) is 5.32 Å². The molecule has 16 atom stereocenters. The van der Waals surface area contributed by atoms with Gasteiger partial charge in [0.2, 0.25) is 5.91 Å². The molecule has 1 amide bonds. The van der Waals surface area contributed by atoms with E-state index >= 15 is 0 Å². The lowest BCUT2D eigenvalue weighted by Gasteiger charge is -2.49. The molecule has 2 aliphatic heterocycles. The molecule has 18 nitrogen and oxygen atoms in total. The molecule has 18 heteroatoms. The molecule has 17 N–H and O–H groups in total. The van der Waals surface area contributed by atoms with Crippen molar-refractivity contribution >= 4 is 5.91 Å². The maximum Gasteiger partial charge on any atom is 0.249 e. The van der Waals surface area contributed by atoms with Gasteiger partial charge in [-0.05, 0) is 19.4 Å². The molecule has 3 aliphatic rings. The number of aliphatic hydroxyl groups excluding tert-OH is 8. The van der Waals surface area contributed by atoms with Crippen molar-refractivity contribution in [1.29, 1.82) is 0 Å². The minimum atomic E-state index is -1.76. The lowest BCUT2D eigenvalue weighted by atomic mass is 9.83. The average molecular weight is 586 g/mol. The molecule has 0 aromatic heterocycles. The van der Waals surface area contributed by atoms with Gasteiger partial charge in [0, 0.05) is 12.6 Å². The summed E-state index contributed by atoms with van der Waals surface area (Å²) in [7, 11) is 0. The van der Waals surface area contributed by atoms with Crippen LogP contribution in [0, 0.1) is 0 Å². The van der Waals surface area contributed by atoms with Crippen molar-refractivity contribution in [2.45, 2.75) is 111 Å². The van der Waals surface area contributed by atoms with Crippen molar-refractivity contribution in [2.75, 3.05) is 19.7 Å². The van der Waals surface area contributed by atoms with E-state index in [1.54, 1.807) is 0 Å². The summed E-state index contributed by atoms with van der Waals surface area (Å²) < 4.78 is 22.5. The van der Waals surface area contributed by atoms with Crippen LogP contribution in [-0.4, -0.2) is 164 Å². The van der Waals surface area contributed by atoms with Gasteiger partial charge in [0.1, 0.15) is 67.1 Å². The van der Waals surface area contributed by atoms with Gasteiger partial charge in [-0.3, -0.25) is 4.79 Å². The Labute approximate surface area is 229 Å². The number of hydrogen-bond donors (Lipinski definition) is 13. The van der Waals surface area contributed by atoms with Gasteiger partial charge in [0.25, 0.3) is 0 Å². The second-order valence-corrected chi connectivity index (χ2v) is 10.3. The van der Waals surface area contributed by atoms with Gasteiger partial charge in [0.15, 0.2) is 12.6 Å². The first kappa shape index (κ1) is 33.3. The van der Waals surface area contributed by atoms with Gasteiger partial charge in [-0.25, -0.2) is 0 Å². The normalized spacial score (nSPS) is 47.0. The smallest absolute Gasteiger partial charge is 0.249 e. The number of aliphatic hydroxyl groups is 8. The first-order valence-electron chi connectivity index (χ1n) is 13.1. The monoisotopic (exact) mass is 585 g/mol. The predicted molar refractivity (Wildman–Crippen MR) is 131 cm³/mol. The largest absolute Gasteiger partial charge is 0.394 e. The average Bonchev–Trinajstić information content (AvgIpc) is 2.92. The van der Waals surface area contributed by atoms with E-state index in [1.807, 2.05) is 0 Å². The summed E-state index contributed by atoms with van der Waals surface area (Å²) in [6.07, 6.45) is -19.8. The van der Waals surface area contributed by atoms with Crippen molar-refractivity contribution < 1.29 is 64.6 Å². The second-order valence-electron chi connectivity index (χ2n) is 10.3. The number of nitrogens with one attached hydrogen (secondary N) is 1. The molecular formula is C22H43N5O13. The molecular weight excluding hydrogens is 542 g/mol. The summed E-state index contributed by atoms with van der Waals surface area (Å²) in [6.45, 7) is -0.898. The van der Waals surface area contributed by atoms with Gasteiger partial charge < -0.3 is 88.1 Å². The van der Waals surface area contributed by atoms with Crippen LogP contribution in [0.15, 0.2) is 0 Å². The lowest BCUT2D eigenvalue weighted by Crippen LogP contribution is -2.69. The van der Waals surface area contributed by atoms with E-state index in [0.29, 0.717) is 0 Å². The van der Waals surface area contributed by atoms with E-state index in [1.165, 1.54) is 0 Å². The Balaban J connectivity index is 1.85. The molecule has 0 aromatic rings. The Kier molecular flexibility index (Phi) is 11.9. The highest BCUT2D eigenvalue weighted by molar-refractivity contribution is 5.80. The highest BCUT2D eigenvalue weighted by Gasteiger charge is 2.52. The Morgan fingerprint density at radius 2 is 1.45 bits per heavy atom. The first-order chi connectivity index (χ1) is 18.9. The van der Waals surface area contributed by atoms with Crippen LogP contribution in [-0.2, 0) is 23.7 Å². The fraction of sp³-hybridized carbons (Fsp3) is 0.955. The van der Waals surface area contributed by atoms with Gasteiger partial charge in [-0.15, -0.1) is 0 Å². The van der Waals surface area contributed by atoms with Crippen LogP contribution in [0.2, 0.25) is 0 Å². The van der Waals surface area contributed by atoms with E-state index in [9.17, 15) is 45.6 Å². The van der Waals surface area contributed by atoms with Crippen LogP contribution >= 0.6 is 0 Å². The van der Waals surface area contributed by atoms with Crippen molar-refractivity contribution in [3.05, 3.63) is 0 Å². The van der Waals surface area contributed by atoms with Gasteiger partial charge in [0.05, 0.1) is 18.7 Å². The fourth-order valence-corrected chi connectivity index (χ4v) is 5.07. The standard InChI is InChI=1S/C22H43N5O13/c23-2-1-8(29)20(36)27-7-3-6(25)18(39-22-16(34)15(33)13(31)9(4-24)37-22)17(35)19(7)40-21-14(32)11(26)12(30)10(5-28)38-21/h6-19,21-22,28-35H,1-5,23-26H2,(H,27,36)/t6?,7?,8-,9?,10?,11?,12?,13?,14?,15?,16?,17?,18?,19?,21?,22?/m1/s1. The highest BCUT2D eigenvalue weighted by atomic mass is 16.7. The molecule has 3 fully saturated rings.